The third-order valence-electron chi connectivity index (χ3n) is 1.26. The predicted molar refractivity (Wildman–Crippen MR) is 44.4 cm³/mol. The van der Waals surface area contributed by atoms with Crippen molar-refractivity contribution in [2.45, 2.75) is 6.92 Å². The number of hydrogen-bond acceptors (Lipinski definition) is 2. The summed E-state index contributed by atoms with van der Waals surface area (Å²) in [4.78, 5) is 11.1. The number of rotatable bonds is 2. The zero-order valence-electron chi connectivity index (χ0n) is 6.72. The van der Waals surface area contributed by atoms with Gasteiger partial charge in [-0.05, 0) is 13.0 Å². The number of nitrogens with zero attached hydrogens (tertiary/aromatic N) is 1. The molecule has 1 heterocycles. The van der Waals surface area contributed by atoms with Crippen LogP contribution in [0.2, 0.25) is 0 Å². The highest BCUT2D eigenvalue weighted by Crippen LogP contribution is 1.89. The second-order valence-electron chi connectivity index (χ2n) is 2.08. The first-order valence-corrected chi connectivity index (χ1v) is 3.52. The van der Waals surface area contributed by atoms with E-state index in [1.807, 2.05) is 0 Å². The molecule has 1 rings (SSSR count). The van der Waals surface area contributed by atoms with Crippen LogP contribution in [0.1, 0.15) is 17.4 Å². The van der Waals surface area contributed by atoms with E-state index in [1.54, 1.807) is 13.0 Å². The minimum atomic E-state index is -0.185. The smallest absolute Gasteiger partial charge is 0.270 e. The first kappa shape index (κ1) is 8.34. The molecule has 4 heteroatoms. The van der Waals surface area contributed by atoms with Crippen LogP contribution < -0.4 is 5.32 Å². The van der Waals surface area contributed by atoms with Crippen molar-refractivity contribution in [1.82, 2.24) is 15.5 Å². The van der Waals surface area contributed by atoms with Gasteiger partial charge in [0, 0.05) is 6.20 Å². The third kappa shape index (κ3) is 2.13. The Morgan fingerprint density at radius 3 is 3.25 bits per heavy atom. The van der Waals surface area contributed by atoms with E-state index < -0.39 is 0 Å². The van der Waals surface area contributed by atoms with Crippen molar-refractivity contribution in [3.8, 4) is 11.8 Å². The van der Waals surface area contributed by atoms with E-state index in [-0.39, 0.29) is 5.91 Å². The highest BCUT2D eigenvalue weighted by Gasteiger charge is 2.03. The highest BCUT2D eigenvalue weighted by molar-refractivity contribution is 5.92. The normalized spacial score (nSPS) is 8.42. The quantitative estimate of drug-likeness (QED) is 0.610. The Morgan fingerprint density at radius 1 is 1.83 bits per heavy atom. The summed E-state index contributed by atoms with van der Waals surface area (Å²) in [6.45, 7) is 2.09. The maximum absolute atomic E-state index is 11.1. The zero-order valence-corrected chi connectivity index (χ0v) is 6.72. The average molecular weight is 163 g/mol. The molecule has 0 aliphatic heterocycles. The number of carbonyl (C=O) groups is 1. The molecule has 62 valence electrons. The van der Waals surface area contributed by atoms with Crippen molar-refractivity contribution in [1.29, 1.82) is 0 Å². The van der Waals surface area contributed by atoms with Crippen LogP contribution in [-0.2, 0) is 0 Å². The molecule has 0 bridgehead atoms. The summed E-state index contributed by atoms with van der Waals surface area (Å²) in [5, 5.41) is 8.81. The molecular formula is C8H9N3O. The molecule has 0 unspecified atom stereocenters. The Bertz CT molecular complexity index is 305. The summed E-state index contributed by atoms with van der Waals surface area (Å²) in [5.41, 5.74) is 0.452. The van der Waals surface area contributed by atoms with Gasteiger partial charge in [0.15, 0.2) is 0 Å². The first-order chi connectivity index (χ1) is 5.84. The molecule has 0 aromatic carbocycles. The van der Waals surface area contributed by atoms with Gasteiger partial charge >= 0.3 is 0 Å². The zero-order chi connectivity index (χ0) is 8.81. The van der Waals surface area contributed by atoms with Crippen molar-refractivity contribution in [3.63, 3.8) is 0 Å². The maximum Gasteiger partial charge on any atom is 0.270 e. The molecule has 1 aromatic rings. The van der Waals surface area contributed by atoms with Gasteiger partial charge in [0.25, 0.3) is 5.91 Å². The van der Waals surface area contributed by atoms with Gasteiger partial charge in [-0.25, -0.2) is 0 Å². The van der Waals surface area contributed by atoms with Crippen LogP contribution in [-0.4, -0.2) is 22.6 Å². The summed E-state index contributed by atoms with van der Waals surface area (Å²) in [5.74, 6) is 5.22. The maximum atomic E-state index is 11.1. The molecule has 0 atom stereocenters. The van der Waals surface area contributed by atoms with Crippen LogP contribution in [0.25, 0.3) is 0 Å². The second-order valence-corrected chi connectivity index (χ2v) is 2.08. The fraction of sp³-hybridized carbons (Fsp3) is 0.250. The Morgan fingerprint density at radius 2 is 2.67 bits per heavy atom. The lowest BCUT2D eigenvalue weighted by Gasteiger charge is -1.95. The second kappa shape index (κ2) is 4.19. The number of nitrogens with one attached hydrogen (secondary N) is 2. The molecule has 0 aliphatic carbocycles. The molecule has 0 fully saturated rings. The molecule has 1 aromatic heterocycles. The standard InChI is InChI=1S/C8H9N3O/c1-2-3-5-9-8(12)7-4-6-10-11-7/h4,6H,5H2,1H3,(H,9,12)(H,10,11). The van der Waals surface area contributed by atoms with Crippen molar-refractivity contribution in [2.24, 2.45) is 0 Å². The molecule has 0 saturated heterocycles. The van der Waals surface area contributed by atoms with E-state index in [0.717, 1.165) is 0 Å². The largest absolute Gasteiger partial charge is 0.340 e. The van der Waals surface area contributed by atoms with Crippen LogP contribution in [0.5, 0.6) is 0 Å². The summed E-state index contributed by atoms with van der Waals surface area (Å²) in [6.07, 6.45) is 1.53. The fourth-order valence-electron chi connectivity index (χ4n) is 0.690. The van der Waals surface area contributed by atoms with E-state index >= 15 is 0 Å². The van der Waals surface area contributed by atoms with Crippen LogP contribution in [0.4, 0.5) is 0 Å². The Hall–Kier alpha value is -1.76. The van der Waals surface area contributed by atoms with Gasteiger partial charge in [-0.2, -0.15) is 5.10 Å². The molecule has 0 saturated carbocycles. The third-order valence-corrected chi connectivity index (χ3v) is 1.26. The van der Waals surface area contributed by atoms with Gasteiger partial charge in [0.2, 0.25) is 0 Å². The Labute approximate surface area is 70.4 Å². The molecule has 0 spiro atoms. The number of aromatic nitrogens is 2. The van der Waals surface area contributed by atoms with Crippen LogP contribution in [0, 0.1) is 11.8 Å². The molecule has 0 radical (unpaired) electrons. The lowest BCUT2D eigenvalue weighted by molar-refractivity contribution is 0.0953. The molecule has 2 N–H and O–H groups in total. The number of carbonyl (C=O) groups excluding carboxylic acids is 1. The summed E-state index contributed by atoms with van der Waals surface area (Å²) in [6, 6.07) is 1.61. The average Bonchev–Trinajstić information content (AvgIpc) is 2.56. The number of amides is 1. The Kier molecular flexibility index (Phi) is 2.91. The van der Waals surface area contributed by atoms with Crippen LogP contribution >= 0.6 is 0 Å². The SMILES string of the molecule is CC#CCNC(=O)c1ccn[nH]1. The molecular weight excluding hydrogens is 154 g/mol. The van der Waals surface area contributed by atoms with E-state index in [1.165, 1.54) is 6.20 Å². The van der Waals surface area contributed by atoms with Crippen molar-refractivity contribution in [2.75, 3.05) is 6.54 Å². The van der Waals surface area contributed by atoms with Gasteiger partial charge in [-0.15, -0.1) is 5.92 Å². The minimum absolute atomic E-state index is 0.185. The summed E-state index contributed by atoms with van der Waals surface area (Å²) >= 11 is 0. The monoisotopic (exact) mass is 163 g/mol. The number of H-pyrrole nitrogens is 1. The fourth-order valence-corrected chi connectivity index (χ4v) is 0.690. The first-order valence-electron chi connectivity index (χ1n) is 3.52. The van der Waals surface area contributed by atoms with Crippen LogP contribution in [0.3, 0.4) is 0 Å². The van der Waals surface area contributed by atoms with E-state index in [2.05, 4.69) is 27.4 Å². The lowest BCUT2D eigenvalue weighted by Crippen LogP contribution is -2.23. The molecule has 12 heavy (non-hydrogen) atoms. The number of hydrogen-bond donors (Lipinski definition) is 2. The Balaban J connectivity index is 2.43. The van der Waals surface area contributed by atoms with E-state index in [0.29, 0.717) is 12.2 Å². The molecule has 0 aliphatic rings. The van der Waals surface area contributed by atoms with Crippen molar-refractivity contribution < 1.29 is 4.79 Å². The van der Waals surface area contributed by atoms with Gasteiger partial charge in [0.05, 0.1) is 6.54 Å². The molecule has 4 nitrogen and oxygen atoms in total. The van der Waals surface area contributed by atoms with Gasteiger partial charge in [-0.3, -0.25) is 9.89 Å². The van der Waals surface area contributed by atoms with Gasteiger partial charge < -0.3 is 5.32 Å². The predicted octanol–water partition coefficient (Wildman–Crippen LogP) is 0.163. The van der Waals surface area contributed by atoms with Crippen molar-refractivity contribution >= 4 is 5.91 Å². The lowest BCUT2D eigenvalue weighted by atomic mass is 10.4. The van der Waals surface area contributed by atoms with E-state index in [9.17, 15) is 4.79 Å². The topological polar surface area (TPSA) is 57.8 Å². The van der Waals surface area contributed by atoms with Gasteiger partial charge in [0.1, 0.15) is 5.69 Å². The van der Waals surface area contributed by atoms with Crippen LogP contribution in [0.15, 0.2) is 12.3 Å². The summed E-state index contributed by atoms with van der Waals surface area (Å²) < 4.78 is 0. The van der Waals surface area contributed by atoms with Gasteiger partial charge in [-0.1, -0.05) is 5.92 Å². The number of aromatic amines is 1. The van der Waals surface area contributed by atoms with E-state index in [4.69, 9.17) is 0 Å². The molecule has 1 amide bonds. The summed E-state index contributed by atoms with van der Waals surface area (Å²) in [7, 11) is 0. The minimum Gasteiger partial charge on any atom is -0.340 e. The van der Waals surface area contributed by atoms with Crippen molar-refractivity contribution in [3.05, 3.63) is 18.0 Å². The highest BCUT2D eigenvalue weighted by atomic mass is 16.1.